The van der Waals surface area contributed by atoms with Gasteiger partial charge < -0.3 is 11.1 Å². The number of hydrogen-bond donors (Lipinski definition) is 2. The van der Waals surface area contributed by atoms with E-state index in [0.29, 0.717) is 18.0 Å². The Morgan fingerprint density at radius 1 is 1.29 bits per heavy atom. The fraction of sp³-hybridized carbons (Fsp3) is 0.909. The third-order valence-corrected chi connectivity index (χ3v) is 2.02. The standard InChI is InChI=1S/C11H25N3/c1-5-6-7-8-10(4)14-11(12)13-9(2)3/h9-10H,5-8H2,1-4H3,(H3,12,13,14). The van der Waals surface area contributed by atoms with Crippen LogP contribution in [0, 0.1) is 0 Å². The molecule has 0 fully saturated rings. The SMILES string of the molecule is CCCCCC(C)N=C(N)NC(C)C. The number of nitrogens with one attached hydrogen (secondary N) is 1. The van der Waals surface area contributed by atoms with Gasteiger partial charge in [0.1, 0.15) is 0 Å². The molecular weight excluding hydrogens is 174 g/mol. The van der Waals surface area contributed by atoms with Gasteiger partial charge in [-0.05, 0) is 27.2 Å². The van der Waals surface area contributed by atoms with Crippen molar-refractivity contribution in [2.45, 2.75) is 65.5 Å². The molecule has 84 valence electrons. The van der Waals surface area contributed by atoms with Crippen molar-refractivity contribution in [3.8, 4) is 0 Å². The Balaban J connectivity index is 3.71. The summed E-state index contributed by atoms with van der Waals surface area (Å²) < 4.78 is 0. The Labute approximate surface area is 88.2 Å². The van der Waals surface area contributed by atoms with Crippen LogP contribution in [0.4, 0.5) is 0 Å². The van der Waals surface area contributed by atoms with Gasteiger partial charge in [0.15, 0.2) is 5.96 Å². The number of aliphatic imine (C=N–C) groups is 1. The minimum atomic E-state index is 0.341. The van der Waals surface area contributed by atoms with Crippen LogP contribution in [-0.4, -0.2) is 18.0 Å². The molecule has 3 nitrogen and oxygen atoms in total. The topological polar surface area (TPSA) is 50.4 Å². The summed E-state index contributed by atoms with van der Waals surface area (Å²) >= 11 is 0. The van der Waals surface area contributed by atoms with E-state index in [1.54, 1.807) is 0 Å². The van der Waals surface area contributed by atoms with Crippen molar-refractivity contribution in [1.82, 2.24) is 5.32 Å². The van der Waals surface area contributed by atoms with E-state index in [1.807, 2.05) is 0 Å². The number of unbranched alkanes of at least 4 members (excludes halogenated alkanes) is 2. The number of nitrogens with zero attached hydrogens (tertiary/aromatic N) is 1. The molecule has 3 heteroatoms. The molecule has 0 saturated carbocycles. The van der Waals surface area contributed by atoms with E-state index in [-0.39, 0.29) is 0 Å². The summed E-state index contributed by atoms with van der Waals surface area (Å²) in [6.45, 7) is 8.45. The minimum Gasteiger partial charge on any atom is -0.370 e. The molecule has 0 aromatic rings. The molecule has 3 N–H and O–H groups in total. The molecule has 0 radical (unpaired) electrons. The highest BCUT2D eigenvalue weighted by Crippen LogP contribution is 2.05. The highest BCUT2D eigenvalue weighted by Gasteiger charge is 2.01. The molecular formula is C11H25N3. The van der Waals surface area contributed by atoms with E-state index in [1.165, 1.54) is 19.3 Å². The Morgan fingerprint density at radius 3 is 2.43 bits per heavy atom. The second-order valence-corrected chi connectivity index (χ2v) is 4.16. The van der Waals surface area contributed by atoms with Crippen LogP contribution < -0.4 is 11.1 Å². The van der Waals surface area contributed by atoms with Crippen LogP contribution in [-0.2, 0) is 0 Å². The number of hydrogen-bond acceptors (Lipinski definition) is 1. The Bertz CT molecular complexity index is 164. The van der Waals surface area contributed by atoms with E-state index in [4.69, 9.17) is 5.73 Å². The van der Waals surface area contributed by atoms with Crippen LogP contribution in [0.5, 0.6) is 0 Å². The van der Waals surface area contributed by atoms with Crippen LogP contribution in [0.25, 0.3) is 0 Å². The Hall–Kier alpha value is -0.730. The molecule has 0 aliphatic rings. The first-order valence-corrected chi connectivity index (χ1v) is 5.66. The highest BCUT2D eigenvalue weighted by molar-refractivity contribution is 5.78. The van der Waals surface area contributed by atoms with Crippen molar-refractivity contribution in [1.29, 1.82) is 0 Å². The quantitative estimate of drug-likeness (QED) is 0.392. The van der Waals surface area contributed by atoms with Crippen LogP contribution in [0.3, 0.4) is 0 Å². The smallest absolute Gasteiger partial charge is 0.189 e. The largest absolute Gasteiger partial charge is 0.370 e. The first-order valence-electron chi connectivity index (χ1n) is 5.66. The van der Waals surface area contributed by atoms with Crippen molar-refractivity contribution in [3.63, 3.8) is 0 Å². The molecule has 0 spiro atoms. The average Bonchev–Trinajstić information content (AvgIpc) is 2.02. The summed E-state index contributed by atoms with van der Waals surface area (Å²) in [7, 11) is 0. The maximum absolute atomic E-state index is 5.72. The molecule has 0 aliphatic carbocycles. The summed E-state index contributed by atoms with van der Waals surface area (Å²) in [6, 6.07) is 0.703. The van der Waals surface area contributed by atoms with Gasteiger partial charge in [0, 0.05) is 6.04 Å². The van der Waals surface area contributed by atoms with Gasteiger partial charge >= 0.3 is 0 Å². The van der Waals surface area contributed by atoms with Gasteiger partial charge in [-0.25, -0.2) is 0 Å². The third-order valence-electron chi connectivity index (χ3n) is 2.02. The van der Waals surface area contributed by atoms with E-state index >= 15 is 0 Å². The van der Waals surface area contributed by atoms with Gasteiger partial charge in [0.25, 0.3) is 0 Å². The first-order chi connectivity index (χ1) is 6.56. The molecule has 0 heterocycles. The van der Waals surface area contributed by atoms with Crippen molar-refractivity contribution < 1.29 is 0 Å². The number of nitrogens with two attached hydrogens (primary N) is 1. The molecule has 0 rings (SSSR count). The van der Waals surface area contributed by atoms with Gasteiger partial charge in [-0.15, -0.1) is 0 Å². The molecule has 14 heavy (non-hydrogen) atoms. The minimum absolute atomic E-state index is 0.341. The van der Waals surface area contributed by atoms with Crippen LogP contribution in [0.15, 0.2) is 4.99 Å². The van der Waals surface area contributed by atoms with E-state index in [2.05, 4.69) is 38.0 Å². The third kappa shape index (κ3) is 7.90. The molecule has 0 aromatic heterocycles. The van der Waals surface area contributed by atoms with Gasteiger partial charge in [0.2, 0.25) is 0 Å². The molecule has 0 amide bonds. The summed E-state index contributed by atoms with van der Waals surface area (Å²) in [5.41, 5.74) is 5.72. The lowest BCUT2D eigenvalue weighted by molar-refractivity contribution is 0.588. The predicted molar refractivity (Wildman–Crippen MR) is 63.5 cm³/mol. The Morgan fingerprint density at radius 2 is 1.93 bits per heavy atom. The summed E-state index contributed by atoms with van der Waals surface area (Å²) in [6.07, 6.45) is 4.93. The molecule has 0 aromatic carbocycles. The van der Waals surface area contributed by atoms with Crippen LogP contribution in [0.2, 0.25) is 0 Å². The van der Waals surface area contributed by atoms with E-state index < -0.39 is 0 Å². The number of rotatable bonds is 6. The lowest BCUT2D eigenvalue weighted by Gasteiger charge is -2.11. The zero-order valence-electron chi connectivity index (χ0n) is 10.0. The van der Waals surface area contributed by atoms with E-state index in [9.17, 15) is 0 Å². The zero-order chi connectivity index (χ0) is 11.0. The maximum atomic E-state index is 5.72. The fourth-order valence-electron chi connectivity index (χ4n) is 1.32. The first kappa shape index (κ1) is 13.3. The van der Waals surface area contributed by atoms with Crippen LogP contribution >= 0.6 is 0 Å². The summed E-state index contributed by atoms with van der Waals surface area (Å²) in [4.78, 5) is 4.37. The molecule has 0 saturated heterocycles. The van der Waals surface area contributed by atoms with Gasteiger partial charge in [0.05, 0.1) is 6.04 Å². The second-order valence-electron chi connectivity index (χ2n) is 4.16. The normalized spacial score (nSPS) is 14.5. The zero-order valence-corrected chi connectivity index (χ0v) is 10.0. The predicted octanol–water partition coefficient (Wildman–Crippen LogP) is 2.27. The molecule has 1 atom stereocenters. The molecule has 0 bridgehead atoms. The van der Waals surface area contributed by atoms with Crippen molar-refractivity contribution in [2.75, 3.05) is 0 Å². The van der Waals surface area contributed by atoms with Crippen molar-refractivity contribution in [2.24, 2.45) is 10.7 Å². The second kappa shape index (κ2) is 7.65. The number of guanidine groups is 1. The lowest BCUT2D eigenvalue weighted by atomic mass is 10.1. The van der Waals surface area contributed by atoms with Crippen molar-refractivity contribution in [3.05, 3.63) is 0 Å². The van der Waals surface area contributed by atoms with Gasteiger partial charge in [-0.3, -0.25) is 4.99 Å². The Kier molecular flexibility index (Phi) is 7.25. The fourth-order valence-corrected chi connectivity index (χ4v) is 1.32. The summed E-state index contributed by atoms with van der Waals surface area (Å²) in [5, 5.41) is 3.09. The summed E-state index contributed by atoms with van der Waals surface area (Å²) in [5.74, 6) is 0.573. The van der Waals surface area contributed by atoms with E-state index in [0.717, 1.165) is 6.42 Å². The molecule has 1 unspecified atom stereocenters. The van der Waals surface area contributed by atoms with Gasteiger partial charge in [-0.1, -0.05) is 26.2 Å². The van der Waals surface area contributed by atoms with Gasteiger partial charge in [-0.2, -0.15) is 0 Å². The lowest BCUT2D eigenvalue weighted by Crippen LogP contribution is -2.37. The monoisotopic (exact) mass is 199 g/mol. The average molecular weight is 199 g/mol. The highest BCUT2D eigenvalue weighted by atomic mass is 15.1. The molecule has 0 aliphatic heterocycles. The van der Waals surface area contributed by atoms with Crippen molar-refractivity contribution >= 4 is 5.96 Å². The van der Waals surface area contributed by atoms with Crippen LogP contribution in [0.1, 0.15) is 53.4 Å². The maximum Gasteiger partial charge on any atom is 0.189 e.